The van der Waals surface area contributed by atoms with Crippen molar-refractivity contribution in [1.82, 2.24) is 5.32 Å². The van der Waals surface area contributed by atoms with Gasteiger partial charge in [-0.3, -0.25) is 0 Å². The Labute approximate surface area is 111 Å². The molecular formula is C16H25NO. The molecule has 0 aromatic heterocycles. The zero-order chi connectivity index (χ0) is 12.8. The highest BCUT2D eigenvalue weighted by Crippen LogP contribution is 2.32. The van der Waals surface area contributed by atoms with E-state index in [2.05, 4.69) is 43.4 Å². The van der Waals surface area contributed by atoms with Crippen LogP contribution in [0, 0.1) is 12.3 Å². The predicted octanol–water partition coefficient (Wildman–Crippen LogP) is 2.94. The van der Waals surface area contributed by atoms with Crippen LogP contribution in [0.1, 0.15) is 30.9 Å². The van der Waals surface area contributed by atoms with E-state index in [1.807, 2.05) is 0 Å². The minimum absolute atomic E-state index is 0.307. The fourth-order valence-electron chi connectivity index (χ4n) is 2.73. The summed E-state index contributed by atoms with van der Waals surface area (Å²) in [5, 5.41) is 3.58. The predicted molar refractivity (Wildman–Crippen MR) is 75.9 cm³/mol. The van der Waals surface area contributed by atoms with Crippen molar-refractivity contribution in [3.8, 4) is 0 Å². The summed E-state index contributed by atoms with van der Waals surface area (Å²) in [6.45, 7) is 8.42. The number of nitrogens with one attached hydrogen (secondary N) is 1. The summed E-state index contributed by atoms with van der Waals surface area (Å²) in [4.78, 5) is 0. The normalized spacial score (nSPS) is 23.4. The van der Waals surface area contributed by atoms with E-state index in [1.165, 1.54) is 24.0 Å². The smallest absolute Gasteiger partial charge is 0.0538 e. The van der Waals surface area contributed by atoms with Gasteiger partial charge in [-0.1, -0.05) is 31.2 Å². The molecule has 1 saturated heterocycles. The fourth-order valence-corrected chi connectivity index (χ4v) is 2.73. The van der Waals surface area contributed by atoms with Gasteiger partial charge in [-0.15, -0.1) is 0 Å². The summed E-state index contributed by atoms with van der Waals surface area (Å²) in [6, 6.07) is 8.73. The maximum Gasteiger partial charge on any atom is 0.0538 e. The van der Waals surface area contributed by atoms with Crippen molar-refractivity contribution in [2.75, 3.05) is 26.3 Å². The van der Waals surface area contributed by atoms with Crippen LogP contribution >= 0.6 is 0 Å². The molecule has 0 radical (unpaired) electrons. The van der Waals surface area contributed by atoms with E-state index in [-0.39, 0.29) is 0 Å². The van der Waals surface area contributed by atoms with Gasteiger partial charge in [-0.05, 0) is 43.9 Å². The molecule has 1 aliphatic rings. The molecule has 1 aromatic rings. The van der Waals surface area contributed by atoms with Crippen molar-refractivity contribution in [3.63, 3.8) is 0 Å². The lowest BCUT2D eigenvalue weighted by Crippen LogP contribution is -2.37. The van der Waals surface area contributed by atoms with Gasteiger partial charge in [0, 0.05) is 18.6 Å². The summed E-state index contributed by atoms with van der Waals surface area (Å²) in [6.07, 6.45) is 3.51. The summed E-state index contributed by atoms with van der Waals surface area (Å²) in [5.41, 5.74) is 3.18. The molecule has 1 aliphatic heterocycles. The van der Waals surface area contributed by atoms with Gasteiger partial charge in [0.05, 0.1) is 6.61 Å². The van der Waals surface area contributed by atoms with E-state index in [4.69, 9.17) is 4.74 Å². The molecule has 0 spiro atoms. The van der Waals surface area contributed by atoms with Crippen molar-refractivity contribution in [1.29, 1.82) is 0 Å². The van der Waals surface area contributed by atoms with Crippen molar-refractivity contribution in [3.05, 3.63) is 35.4 Å². The van der Waals surface area contributed by atoms with Crippen molar-refractivity contribution in [2.45, 2.75) is 33.1 Å². The minimum atomic E-state index is 0.307. The lowest BCUT2D eigenvalue weighted by atomic mass is 9.80. The van der Waals surface area contributed by atoms with Crippen molar-refractivity contribution >= 4 is 0 Å². The Kier molecular flexibility index (Phi) is 4.79. The Morgan fingerprint density at radius 1 is 1.33 bits per heavy atom. The molecule has 1 fully saturated rings. The van der Waals surface area contributed by atoms with Crippen molar-refractivity contribution < 1.29 is 4.74 Å². The first-order chi connectivity index (χ1) is 8.76. The average Bonchev–Trinajstić information content (AvgIpc) is 2.82. The fraction of sp³-hybridized carbons (Fsp3) is 0.625. The number of rotatable bonds is 6. The molecule has 100 valence electrons. The highest BCUT2D eigenvalue weighted by Gasteiger charge is 2.34. The molecule has 2 heteroatoms. The topological polar surface area (TPSA) is 21.3 Å². The van der Waals surface area contributed by atoms with Gasteiger partial charge in [0.15, 0.2) is 0 Å². The zero-order valence-electron chi connectivity index (χ0n) is 11.7. The summed E-state index contributed by atoms with van der Waals surface area (Å²) < 4.78 is 5.66. The Hall–Kier alpha value is -0.860. The second kappa shape index (κ2) is 6.35. The molecule has 2 nitrogen and oxygen atoms in total. The zero-order valence-corrected chi connectivity index (χ0v) is 11.7. The molecule has 1 heterocycles. The highest BCUT2D eigenvalue weighted by molar-refractivity contribution is 5.27. The molecule has 0 bridgehead atoms. The third kappa shape index (κ3) is 3.33. The quantitative estimate of drug-likeness (QED) is 0.780. The molecule has 2 rings (SSSR count). The van der Waals surface area contributed by atoms with Gasteiger partial charge in [-0.2, -0.15) is 0 Å². The van der Waals surface area contributed by atoms with Gasteiger partial charge in [0.2, 0.25) is 0 Å². The first kappa shape index (κ1) is 13.6. The summed E-state index contributed by atoms with van der Waals surface area (Å²) in [7, 11) is 0. The van der Waals surface area contributed by atoms with Gasteiger partial charge >= 0.3 is 0 Å². The molecule has 0 amide bonds. The molecular weight excluding hydrogens is 222 g/mol. The largest absolute Gasteiger partial charge is 0.381 e. The van der Waals surface area contributed by atoms with Crippen LogP contribution in [-0.2, 0) is 11.2 Å². The van der Waals surface area contributed by atoms with Crippen molar-refractivity contribution in [2.24, 2.45) is 5.41 Å². The third-order valence-corrected chi connectivity index (χ3v) is 3.94. The van der Waals surface area contributed by atoms with E-state index < -0.39 is 0 Å². The van der Waals surface area contributed by atoms with E-state index >= 15 is 0 Å². The first-order valence-electron chi connectivity index (χ1n) is 7.09. The van der Waals surface area contributed by atoms with Gasteiger partial charge in [0.1, 0.15) is 0 Å². The number of ether oxygens (including phenoxy) is 1. The number of benzene rings is 1. The monoisotopic (exact) mass is 247 g/mol. The van der Waals surface area contributed by atoms with Gasteiger partial charge in [0.25, 0.3) is 0 Å². The molecule has 1 atom stereocenters. The Morgan fingerprint density at radius 2 is 2.17 bits per heavy atom. The van der Waals surface area contributed by atoms with Gasteiger partial charge < -0.3 is 10.1 Å². The van der Waals surface area contributed by atoms with Crippen LogP contribution in [0.15, 0.2) is 24.3 Å². The first-order valence-corrected chi connectivity index (χ1v) is 7.09. The summed E-state index contributed by atoms with van der Waals surface area (Å²) >= 11 is 0. The molecule has 1 unspecified atom stereocenters. The van der Waals surface area contributed by atoms with Crippen LogP contribution < -0.4 is 5.32 Å². The third-order valence-electron chi connectivity index (χ3n) is 3.94. The maximum absolute atomic E-state index is 5.66. The second-order valence-electron chi connectivity index (χ2n) is 5.58. The van der Waals surface area contributed by atoms with Crippen LogP contribution in [-0.4, -0.2) is 26.3 Å². The van der Waals surface area contributed by atoms with Crippen LogP contribution in [0.4, 0.5) is 0 Å². The molecule has 1 aromatic carbocycles. The average molecular weight is 247 g/mol. The lowest BCUT2D eigenvalue weighted by molar-refractivity contribution is 0.149. The van der Waals surface area contributed by atoms with Crippen LogP contribution in [0.2, 0.25) is 0 Å². The Bertz CT molecular complexity index is 369. The van der Waals surface area contributed by atoms with E-state index in [1.54, 1.807) is 0 Å². The molecule has 18 heavy (non-hydrogen) atoms. The second-order valence-corrected chi connectivity index (χ2v) is 5.58. The van der Waals surface area contributed by atoms with Crippen LogP contribution in [0.3, 0.4) is 0 Å². The van der Waals surface area contributed by atoms with E-state index in [0.29, 0.717) is 5.41 Å². The lowest BCUT2D eigenvalue weighted by Gasteiger charge is -2.28. The SMILES string of the molecule is CCCNCC1(Cc2ccccc2C)CCOC1. The van der Waals surface area contributed by atoms with Crippen LogP contribution in [0.25, 0.3) is 0 Å². The maximum atomic E-state index is 5.66. The molecule has 0 aliphatic carbocycles. The Morgan fingerprint density at radius 3 is 2.83 bits per heavy atom. The van der Waals surface area contributed by atoms with E-state index in [9.17, 15) is 0 Å². The number of hydrogen-bond acceptors (Lipinski definition) is 2. The van der Waals surface area contributed by atoms with Crippen LogP contribution in [0.5, 0.6) is 0 Å². The molecule has 0 saturated carbocycles. The Balaban J connectivity index is 2.04. The number of aryl methyl sites for hydroxylation is 1. The standard InChI is InChI=1S/C16H25NO/c1-3-9-17-12-16(8-10-18-13-16)11-15-7-5-4-6-14(15)2/h4-7,17H,3,8-13H2,1-2H3. The number of hydrogen-bond donors (Lipinski definition) is 1. The summed E-state index contributed by atoms with van der Waals surface area (Å²) in [5.74, 6) is 0. The molecule has 1 N–H and O–H groups in total. The highest BCUT2D eigenvalue weighted by atomic mass is 16.5. The minimum Gasteiger partial charge on any atom is -0.381 e. The van der Waals surface area contributed by atoms with Gasteiger partial charge in [-0.25, -0.2) is 0 Å². The van der Waals surface area contributed by atoms with E-state index in [0.717, 1.165) is 32.7 Å².